The molecule has 0 fully saturated rings. The van der Waals surface area contributed by atoms with Crippen LogP contribution in [-0.2, 0) is 26.5 Å². The van der Waals surface area contributed by atoms with Crippen LogP contribution in [0.25, 0.3) is 10.8 Å². The molecule has 5 rings (SSSR count). The van der Waals surface area contributed by atoms with E-state index in [1.165, 1.54) is 12.5 Å². The second kappa shape index (κ2) is 16.4. The number of sulfonamides is 2. The molecule has 12 heteroatoms. The van der Waals surface area contributed by atoms with Crippen LogP contribution in [0.15, 0.2) is 120 Å². The maximum absolute atomic E-state index is 13.4. The summed E-state index contributed by atoms with van der Waals surface area (Å²) < 4.78 is 62.5. The maximum atomic E-state index is 13.4. The van der Waals surface area contributed by atoms with Crippen molar-refractivity contribution < 1.29 is 42.8 Å². The molecule has 0 radical (unpaired) electrons. The van der Waals surface area contributed by atoms with Crippen molar-refractivity contribution in [3.05, 3.63) is 111 Å². The van der Waals surface area contributed by atoms with Gasteiger partial charge >= 0.3 is 256 Å². The second-order valence-corrected chi connectivity index (χ2v) is 17.7. The van der Waals surface area contributed by atoms with Gasteiger partial charge in [-0.2, -0.15) is 0 Å². The van der Waals surface area contributed by atoms with Crippen LogP contribution in [0.5, 0.6) is 5.75 Å². The van der Waals surface area contributed by atoms with Gasteiger partial charge in [0.1, 0.15) is 0 Å². The average Bonchev–Trinajstić information content (AvgIpc) is 3.06. The molecule has 0 aromatic heterocycles. The third-order valence-corrected chi connectivity index (χ3v) is 13.6. The Morgan fingerprint density at radius 2 is 1.75 bits per heavy atom. The molecule has 1 unspecified atom stereocenters. The molecule has 3 N–H and O–H groups in total. The number of hydrogen-bond donors (Lipinski definition) is 2. The van der Waals surface area contributed by atoms with Gasteiger partial charge in [0.2, 0.25) is 0 Å². The number of unbranched alkanes of at least 4 members (excludes halogenated alkanes) is 3. The molecule has 1 aliphatic rings. The standard InChI is InChI=1S/C36H38ClIN3O5S2/c1-2-3-4-6-11-26-18-20-29(21-19-26)48(44,45)41-32-16-9-12-27-24-35(47(39,42)43)33(25-30(27)32)40-23-22-38-36-31(37)15-10-17-34(36)46-28-13-7-5-8-14-28/h5,7-10,12-16,18-21,23-25,34,41H,2-4,6,11,17,22H2,1H3,(H2,39,42,43)/q-1. The van der Waals surface area contributed by atoms with Gasteiger partial charge in [-0.15, -0.1) is 0 Å². The zero-order valence-electron chi connectivity index (χ0n) is 26.5. The molecule has 1 atom stereocenters. The van der Waals surface area contributed by atoms with E-state index < -0.39 is 41.3 Å². The monoisotopic (exact) mass is 818 g/mol. The fourth-order valence-corrected chi connectivity index (χ4v) is 9.91. The summed E-state index contributed by atoms with van der Waals surface area (Å²) in [5.74, 6) is 0.757. The fraction of sp³-hybridized carbons (Fsp3) is 0.250. The molecule has 4 aromatic carbocycles. The number of benzene rings is 4. The predicted octanol–water partition coefficient (Wildman–Crippen LogP) is 5.06. The third kappa shape index (κ3) is 9.47. The Labute approximate surface area is 298 Å². The van der Waals surface area contributed by atoms with Crippen LogP contribution in [0.3, 0.4) is 0 Å². The van der Waals surface area contributed by atoms with Crippen molar-refractivity contribution in [2.75, 3.05) is 9.15 Å². The van der Waals surface area contributed by atoms with Crippen LogP contribution in [0.4, 0.5) is 11.4 Å². The Kier molecular flexibility index (Phi) is 12.4. The molecule has 48 heavy (non-hydrogen) atoms. The van der Waals surface area contributed by atoms with E-state index in [0.717, 1.165) is 40.6 Å². The van der Waals surface area contributed by atoms with E-state index in [0.29, 0.717) is 32.3 Å². The van der Waals surface area contributed by atoms with Crippen molar-refractivity contribution in [2.24, 2.45) is 10.1 Å². The number of rotatable bonds is 15. The summed E-state index contributed by atoms with van der Waals surface area (Å²) in [6.45, 7) is 2.17. The molecule has 0 saturated heterocycles. The van der Waals surface area contributed by atoms with Crippen molar-refractivity contribution >= 4 is 60.0 Å². The SMILES string of the molecule is CCCCCCc1ccc(S(=O)(=O)Nc2cccc3cc(S(N)(=O)=O)c(N=CC[I-]C4=C(Cl)C=CCC4Oc4ccccc4)cc23)cc1. The molecule has 0 heterocycles. The first kappa shape index (κ1) is 36.1. The summed E-state index contributed by atoms with van der Waals surface area (Å²) in [5.41, 5.74) is 1.51. The number of hydrogen-bond acceptors (Lipinski definition) is 6. The van der Waals surface area contributed by atoms with Crippen molar-refractivity contribution in [3.8, 4) is 5.75 Å². The Morgan fingerprint density at radius 1 is 0.979 bits per heavy atom. The van der Waals surface area contributed by atoms with Gasteiger partial charge in [0.05, 0.1) is 0 Å². The molecule has 0 amide bonds. The number of allylic oxidation sites excluding steroid dienone is 2. The molecule has 1 aliphatic carbocycles. The number of aliphatic imine (C=N–C) groups is 1. The number of fused-ring (bicyclic) bond motifs is 1. The van der Waals surface area contributed by atoms with Gasteiger partial charge in [-0.25, -0.2) is 0 Å². The average molecular weight is 819 g/mol. The van der Waals surface area contributed by atoms with Crippen LogP contribution in [0.2, 0.25) is 0 Å². The zero-order chi connectivity index (χ0) is 34.1. The minimum atomic E-state index is -4.14. The first-order valence-electron chi connectivity index (χ1n) is 15.7. The van der Waals surface area contributed by atoms with Gasteiger partial charge in [0.15, 0.2) is 0 Å². The Balaban J connectivity index is 1.36. The molecular formula is C36H38ClIN3O5S2-. The summed E-state index contributed by atoms with van der Waals surface area (Å²) in [7, 11) is -8.07. The van der Waals surface area contributed by atoms with Crippen LogP contribution in [-0.4, -0.2) is 33.6 Å². The number of nitrogens with zero attached hydrogens (tertiary/aromatic N) is 1. The van der Waals surface area contributed by atoms with Gasteiger partial charge in [0, 0.05) is 0 Å². The summed E-state index contributed by atoms with van der Waals surface area (Å²) >= 11 is 5.93. The first-order valence-corrected chi connectivity index (χ1v) is 21.7. The van der Waals surface area contributed by atoms with Crippen LogP contribution in [0, 0.1) is 0 Å². The Morgan fingerprint density at radius 3 is 2.48 bits per heavy atom. The summed E-state index contributed by atoms with van der Waals surface area (Å²) in [5, 5.41) is 7.24. The molecule has 8 nitrogen and oxygen atoms in total. The summed E-state index contributed by atoms with van der Waals surface area (Å²) in [4.78, 5) is 4.51. The molecular weight excluding hydrogens is 781 g/mol. The van der Waals surface area contributed by atoms with E-state index >= 15 is 0 Å². The number of primary sulfonamides is 1. The van der Waals surface area contributed by atoms with E-state index in [2.05, 4.69) is 16.6 Å². The fourth-order valence-electron chi connectivity index (χ4n) is 5.30. The number of alkyl halides is 1. The van der Waals surface area contributed by atoms with Crippen molar-refractivity contribution in [2.45, 2.75) is 61.3 Å². The van der Waals surface area contributed by atoms with Gasteiger partial charge in [-0.1, -0.05) is 26.2 Å². The van der Waals surface area contributed by atoms with Crippen LogP contribution < -0.4 is 35.8 Å². The Hall–Kier alpha value is -3.23. The minimum absolute atomic E-state index is 0.119. The first-order chi connectivity index (χ1) is 23.0. The number of halogens is 2. The van der Waals surface area contributed by atoms with Gasteiger partial charge in [-0.05, 0) is 18.4 Å². The number of nitrogens with one attached hydrogen (secondary N) is 1. The van der Waals surface area contributed by atoms with E-state index in [1.807, 2.05) is 54.6 Å². The molecule has 0 bridgehead atoms. The molecule has 254 valence electrons. The number of anilines is 1. The number of aryl methyl sites for hydroxylation is 1. The molecule has 0 spiro atoms. The van der Waals surface area contributed by atoms with Crippen molar-refractivity contribution in [1.29, 1.82) is 0 Å². The van der Waals surface area contributed by atoms with Gasteiger partial charge < -0.3 is 0 Å². The predicted molar refractivity (Wildman–Crippen MR) is 191 cm³/mol. The van der Waals surface area contributed by atoms with Crippen molar-refractivity contribution in [3.63, 3.8) is 0 Å². The molecule has 0 saturated carbocycles. The molecule has 0 aliphatic heterocycles. The van der Waals surface area contributed by atoms with E-state index in [1.54, 1.807) is 42.6 Å². The van der Waals surface area contributed by atoms with Gasteiger partial charge in [-0.3, -0.25) is 0 Å². The quantitative estimate of drug-likeness (QED) is 0.0751. The molecule has 4 aromatic rings. The number of para-hydroxylation sites is 1. The number of nitrogens with two attached hydrogens (primary N) is 1. The van der Waals surface area contributed by atoms with Crippen LogP contribution in [0.1, 0.15) is 44.6 Å². The zero-order valence-corrected chi connectivity index (χ0v) is 31.0. The summed E-state index contributed by atoms with van der Waals surface area (Å²) in [6, 6.07) is 24.4. The van der Waals surface area contributed by atoms with E-state index in [4.69, 9.17) is 21.5 Å². The van der Waals surface area contributed by atoms with Crippen molar-refractivity contribution in [1.82, 2.24) is 0 Å². The van der Waals surface area contributed by atoms with E-state index in [9.17, 15) is 16.8 Å². The third-order valence-electron chi connectivity index (χ3n) is 7.73. The second-order valence-electron chi connectivity index (χ2n) is 11.3. The topological polar surface area (TPSA) is 128 Å². The number of ether oxygens (including phenoxy) is 1. The van der Waals surface area contributed by atoms with E-state index in [-0.39, 0.29) is 21.6 Å². The normalized spacial score (nSPS) is 15.4. The summed E-state index contributed by atoms with van der Waals surface area (Å²) in [6.07, 6.45) is 11.5. The Bertz CT molecular complexity index is 2050. The van der Waals surface area contributed by atoms with Crippen LogP contribution >= 0.6 is 11.6 Å². The van der Waals surface area contributed by atoms with Gasteiger partial charge in [0.25, 0.3) is 0 Å².